The molecule has 0 aromatic heterocycles. The van der Waals surface area contributed by atoms with Crippen LogP contribution >= 0.6 is 0 Å². The third kappa shape index (κ3) is 3.47. The molecule has 15 heavy (non-hydrogen) atoms. The summed E-state index contributed by atoms with van der Waals surface area (Å²) in [4.78, 5) is 2.37. The van der Waals surface area contributed by atoms with Crippen molar-refractivity contribution >= 4 is 0 Å². The Morgan fingerprint density at radius 1 is 1.40 bits per heavy atom. The van der Waals surface area contributed by atoms with Gasteiger partial charge in [0, 0.05) is 13.1 Å². The fourth-order valence-corrected chi connectivity index (χ4v) is 2.38. The van der Waals surface area contributed by atoms with Gasteiger partial charge in [0.15, 0.2) is 0 Å². The number of β-amino-alcohol motifs (C(OH)–C–C–N with tert-alkyl or cyclic N) is 1. The third-order valence-electron chi connectivity index (χ3n) is 3.26. The first-order valence-corrected chi connectivity index (χ1v) is 6.10. The van der Waals surface area contributed by atoms with Crippen LogP contribution in [0.15, 0.2) is 23.8 Å². The minimum absolute atomic E-state index is 0.0706. The summed E-state index contributed by atoms with van der Waals surface area (Å²) in [5, 5.41) is 9.38. The number of aliphatic hydroxyl groups is 1. The number of hydrogen-bond acceptors (Lipinski definition) is 2. The zero-order chi connectivity index (χ0) is 10.5. The Morgan fingerprint density at radius 2 is 2.33 bits per heavy atom. The van der Waals surface area contributed by atoms with Crippen LogP contribution in [0.4, 0.5) is 0 Å². The van der Waals surface area contributed by atoms with E-state index in [1.807, 2.05) is 0 Å². The first kappa shape index (κ1) is 10.9. The molecule has 2 heteroatoms. The van der Waals surface area contributed by atoms with Crippen LogP contribution in [0, 0.1) is 0 Å². The minimum Gasteiger partial charge on any atom is -0.392 e. The molecule has 0 spiro atoms. The maximum absolute atomic E-state index is 9.38. The van der Waals surface area contributed by atoms with Gasteiger partial charge in [-0.2, -0.15) is 0 Å². The summed E-state index contributed by atoms with van der Waals surface area (Å²) in [6, 6.07) is 0. The van der Waals surface area contributed by atoms with Crippen molar-refractivity contribution in [2.45, 2.75) is 38.2 Å². The third-order valence-corrected chi connectivity index (χ3v) is 3.26. The molecule has 0 radical (unpaired) electrons. The molecule has 0 amide bonds. The van der Waals surface area contributed by atoms with Gasteiger partial charge in [-0.15, -0.1) is 0 Å². The van der Waals surface area contributed by atoms with E-state index < -0.39 is 0 Å². The molecule has 2 rings (SSSR count). The number of hydrogen-bond donors (Lipinski definition) is 1. The molecule has 1 aliphatic carbocycles. The minimum atomic E-state index is -0.0706. The second kappa shape index (κ2) is 5.47. The Labute approximate surface area is 92.3 Å². The monoisotopic (exact) mass is 207 g/mol. The molecule has 1 aliphatic heterocycles. The summed E-state index contributed by atoms with van der Waals surface area (Å²) < 4.78 is 0. The zero-order valence-corrected chi connectivity index (χ0v) is 9.36. The highest BCUT2D eigenvalue weighted by atomic mass is 16.3. The van der Waals surface area contributed by atoms with Crippen LogP contribution < -0.4 is 0 Å². The molecule has 2 nitrogen and oxygen atoms in total. The van der Waals surface area contributed by atoms with E-state index in [0.29, 0.717) is 0 Å². The van der Waals surface area contributed by atoms with E-state index in [1.54, 1.807) is 0 Å². The van der Waals surface area contributed by atoms with Crippen LogP contribution in [0.3, 0.4) is 0 Å². The molecule has 0 aromatic rings. The molecule has 1 unspecified atom stereocenters. The highest BCUT2D eigenvalue weighted by Crippen LogP contribution is 2.16. The summed E-state index contributed by atoms with van der Waals surface area (Å²) in [6.45, 7) is 3.10. The van der Waals surface area contributed by atoms with E-state index in [9.17, 15) is 5.11 Å². The molecular formula is C13H21NO. The molecular weight excluding hydrogens is 186 g/mol. The Balaban J connectivity index is 1.62. The molecule has 0 aromatic carbocycles. The normalized spacial score (nSPS) is 27.0. The maximum atomic E-state index is 9.38. The Bertz CT molecular complexity index is 257. The van der Waals surface area contributed by atoms with Crippen molar-refractivity contribution in [3.05, 3.63) is 23.8 Å². The van der Waals surface area contributed by atoms with Gasteiger partial charge in [-0.05, 0) is 38.6 Å². The predicted octanol–water partition coefficient (Wildman–Crippen LogP) is 2.11. The highest BCUT2D eigenvalue weighted by molar-refractivity contribution is 5.21. The lowest BCUT2D eigenvalue weighted by molar-refractivity contribution is 0.176. The first-order valence-electron chi connectivity index (χ1n) is 6.10. The van der Waals surface area contributed by atoms with Gasteiger partial charge in [0.1, 0.15) is 0 Å². The zero-order valence-electron chi connectivity index (χ0n) is 9.36. The van der Waals surface area contributed by atoms with Gasteiger partial charge >= 0.3 is 0 Å². The average molecular weight is 207 g/mol. The summed E-state index contributed by atoms with van der Waals surface area (Å²) in [5.41, 5.74) is 1.50. The van der Waals surface area contributed by atoms with Gasteiger partial charge in [0.05, 0.1) is 6.10 Å². The van der Waals surface area contributed by atoms with Gasteiger partial charge in [-0.25, -0.2) is 0 Å². The van der Waals surface area contributed by atoms with Crippen LogP contribution in [0.5, 0.6) is 0 Å². The Kier molecular flexibility index (Phi) is 3.98. The van der Waals surface area contributed by atoms with Crippen molar-refractivity contribution in [2.24, 2.45) is 0 Å². The van der Waals surface area contributed by atoms with Crippen LogP contribution in [0.1, 0.15) is 32.1 Å². The molecule has 1 atom stereocenters. The fourth-order valence-electron chi connectivity index (χ4n) is 2.38. The molecule has 1 N–H and O–H groups in total. The standard InChI is InChI=1S/C13H21NO/c15-13-8-10-14(11-13)9-4-7-12-5-2-1-3-6-12/h2,5-6,13,15H,1,3-4,7-11H2. The molecule has 0 bridgehead atoms. The Hall–Kier alpha value is -0.600. The molecule has 84 valence electrons. The predicted molar refractivity (Wildman–Crippen MR) is 62.8 cm³/mol. The average Bonchev–Trinajstić information content (AvgIpc) is 2.66. The molecule has 2 aliphatic rings. The number of likely N-dealkylation sites (tertiary alicyclic amines) is 1. The number of aliphatic hydroxyl groups excluding tert-OH is 1. The summed E-state index contributed by atoms with van der Waals surface area (Å²) in [6.07, 6.45) is 12.6. The van der Waals surface area contributed by atoms with Gasteiger partial charge in [0.2, 0.25) is 0 Å². The number of rotatable bonds is 4. The SMILES string of the molecule is OC1CCN(CCCC2=CCCC=C2)C1. The molecule has 0 saturated carbocycles. The molecule has 1 saturated heterocycles. The highest BCUT2D eigenvalue weighted by Gasteiger charge is 2.19. The number of nitrogens with zero attached hydrogens (tertiary/aromatic N) is 1. The van der Waals surface area contributed by atoms with Crippen molar-refractivity contribution in [1.29, 1.82) is 0 Å². The van der Waals surface area contributed by atoms with Crippen molar-refractivity contribution < 1.29 is 5.11 Å². The number of allylic oxidation sites excluding steroid dienone is 4. The van der Waals surface area contributed by atoms with Crippen LogP contribution in [-0.4, -0.2) is 35.7 Å². The molecule has 1 fully saturated rings. The Morgan fingerprint density at radius 3 is 3.00 bits per heavy atom. The van der Waals surface area contributed by atoms with Crippen LogP contribution in [0.25, 0.3) is 0 Å². The van der Waals surface area contributed by atoms with E-state index in [2.05, 4.69) is 23.1 Å². The van der Waals surface area contributed by atoms with E-state index >= 15 is 0 Å². The van der Waals surface area contributed by atoms with E-state index in [1.165, 1.54) is 31.3 Å². The second-order valence-electron chi connectivity index (χ2n) is 4.61. The van der Waals surface area contributed by atoms with Crippen molar-refractivity contribution in [3.63, 3.8) is 0 Å². The van der Waals surface area contributed by atoms with E-state index in [4.69, 9.17) is 0 Å². The summed E-state index contributed by atoms with van der Waals surface area (Å²) in [5.74, 6) is 0. The lowest BCUT2D eigenvalue weighted by Crippen LogP contribution is -2.23. The quantitative estimate of drug-likeness (QED) is 0.763. The largest absolute Gasteiger partial charge is 0.392 e. The van der Waals surface area contributed by atoms with Gasteiger partial charge in [0.25, 0.3) is 0 Å². The van der Waals surface area contributed by atoms with Crippen molar-refractivity contribution in [3.8, 4) is 0 Å². The van der Waals surface area contributed by atoms with Crippen LogP contribution in [-0.2, 0) is 0 Å². The van der Waals surface area contributed by atoms with Gasteiger partial charge < -0.3 is 10.0 Å². The van der Waals surface area contributed by atoms with Crippen molar-refractivity contribution in [2.75, 3.05) is 19.6 Å². The first-order chi connectivity index (χ1) is 7.34. The van der Waals surface area contributed by atoms with Gasteiger partial charge in [-0.1, -0.05) is 23.8 Å². The lowest BCUT2D eigenvalue weighted by Gasteiger charge is -2.15. The maximum Gasteiger partial charge on any atom is 0.0679 e. The second-order valence-corrected chi connectivity index (χ2v) is 4.61. The fraction of sp³-hybridized carbons (Fsp3) is 0.692. The van der Waals surface area contributed by atoms with E-state index in [0.717, 1.165) is 26.1 Å². The van der Waals surface area contributed by atoms with Crippen LogP contribution in [0.2, 0.25) is 0 Å². The van der Waals surface area contributed by atoms with Gasteiger partial charge in [-0.3, -0.25) is 0 Å². The van der Waals surface area contributed by atoms with Crippen molar-refractivity contribution in [1.82, 2.24) is 4.90 Å². The lowest BCUT2D eigenvalue weighted by atomic mass is 10.0. The summed E-state index contributed by atoms with van der Waals surface area (Å²) in [7, 11) is 0. The van der Waals surface area contributed by atoms with E-state index in [-0.39, 0.29) is 6.10 Å². The smallest absolute Gasteiger partial charge is 0.0679 e. The topological polar surface area (TPSA) is 23.5 Å². The molecule has 1 heterocycles. The summed E-state index contributed by atoms with van der Waals surface area (Å²) >= 11 is 0.